The maximum absolute atomic E-state index is 13.1. The molecule has 1 aromatic carbocycles. The normalized spacial score (nSPS) is 10.7. The van der Waals surface area contributed by atoms with Gasteiger partial charge in [-0.15, -0.1) is 5.10 Å². The number of aromatic nitrogens is 3. The lowest BCUT2D eigenvalue weighted by molar-refractivity contribution is 0.625. The standard InChI is InChI=1S/C13H18FN5/c1-4-18(5-2)13-16-12(15)19(17-13)11-7-6-10(14)8-9(11)3/h6-8H,4-5H2,1-3H3,(H2,15,16,17). The highest BCUT2D eigenvalue weighted by molar-refractivity contribution is 5.47. The number of nitrogen functional groups attached to an aromatic ring is 1. The molecule has 1 aromatic heterocycles. The van der Waals surface area contributed by atoms with E-state index in [9.17, 15) is 4.39 Å². The summed E-state index contributed by atoms with van der Waals surface area (Å²) in [6.45, 7) is 7.49. The van der Waals surface area contributed by atoms with Gasteiger partial charge in [-0.3, -0.25) is 0 Å². The predicted molar refractivity (Wildman–Crippen MR) is 74.0 cm³/mol. The molecule has 0 aliphatic carbocycles. The lowest BCUT2D eigenvalue weighted by Gasteiger charge is -2.15. The SMILES string of the molecule is CCN(CC)c1nc(N)n(-c2ccc(F)cc2C)n1. The molecule has 0 aliphatic heterocycles. The second-order valence-corrected chi connectivity index (χ2v) is 4.28. The Balaban J connectivity index is 2.45. The van der Waals surface area contributed by atoms with Crippen molar-refractivity contribution in [1.82, 2.24) is 14.8 Å². The summed E-state index contributed by atoms with van der Waals surface area (Å²) in [5, 5.41) is 4.40. The monoisotopic (exact) mass is 263 g/mol. The van der Waals surface area contributed by atoms with Crippen LogP contribution in [0.5, 0.6) is 0 Å². The summed E-state index contributed by atoms with van der Waals surface area (Å²) in [7, 11) is 0. The van der Waals surface area contributed by atoms with E-state index < -0.39 is 0 Å². The van der Waals surface area contributed by atoms with Crippen molar-refractivity contribution in [2.75, 3.05) is 23.7 Å². The molecule has 0 radical (unpaired) electrons. The zero-order chi connectivity index (χ0) is 14.0. The predicted octanol–water partition coefficient (Wildman–Crippen LogP) is 2.14. The van der Waals surface area contributed by atoms with E-state index in [1.165, 1.54) is 12.1 Å². The van der Waals surface area contributed by atoms with E-state index in [1.807, 2.05) is 25.7 Å². The summed E-state index contributed by atoms with van der Waals surface area (Å²) in [6.07, 6.45) is 0. The second-order valence-electron chi connectivity index (χ2n) is 4.28. The Labute approximate surface area is 111 Å². The van der Waals surface area contributed by atoms with Crippen molar-refractivity contribution < 1.29 is 4.39 Å². The van der Waals surface area contributed by atoms with Gasteiger partial charge in [-0.1, -0.05) is 0 Å². The van der Waals surface area contributed by atoms with Gasteiger partial charge in [0.15, 0.2) is 0 Å². The summed E-state index contributed by atoms with van der Waals surface area (Å²) in [6, 6.07) is 4.50. The summed E-state index contributed by atoms with van der Waals surface area (Å²) < 4.78 is 14.7. The molecule has 6 heteroatoms. The van der Waals surface area contributed by atoms with Gasteiger partial charge in [-0.25, -0.2) is 4.39 Å². The van der Waals surface area contributed by atoms with Crippen LogP contribution in [0.25, 0.3) is 5.69 Å². The van der Waals surface area contributed by atoms with E-state index in [1.54, 1.807) is 10.7 Å². The fourth-order valence-electron chi connectivity index (χ4n) is 1.99. The van der Waals surface area contributed by atoms with E-state index in [0.29, 0.717) is 11.9 Å². The van der Waals surface area contributed by atoms with Crippen molar-refractivity contribution in [3.63, 3.8) is 0 Å². The molecular weight excluding hydrogens is 245 g/mol. The smallest absolute Gasteiger partial charge is 0.246 e. The van der Waals surface area contributed by atoms with E-state index in [4.69, 9.17) is 5.73 Å². The molecule has 0 aliphatic rings. The molecule has 2 aromatic rings. The highest BCUT2D eigenvalue weighted by Gasteiger charge is 2.14. The molecule has 0 spiro atoms. The molecule has 0 saturated heterocycles. The fourth-order valence-corrected chi connectivity index (χ4v) is 1.99. The minimum atomic E-state index is -0.274. The van der Waals surface area contributed by atoms with Crippen LogP contribution in [-0.2, 0) is 0 Å². The van der Waals surface area contributed by atoms with Crippen molar-refractivity contribution in [3.8, 4) is 5.69 Å². The number of anilines is 2. The summed E-state index contributed by atoms with van der Waals surface area (Å²) in [5.74, 6) is 0.617. The lowest BCUT2D eigenvalue weighted by atomic mass is 10.2. The van der Waals surface area contributed by atoms with Gasteiger partial charge in [-0.05, 0) is 44.5 Å². The van der Waals surface area contributed by atoms with Crippen LogP contribution >= 0.6 is 0 Å². The van der Waals surface area contributed by atoms with Crippen LogP contribution in [-0.4, -0.2) is 27.9 Å². The molecule has 0 unspecified atom stereocenters. The largest absolute Gasteiger partial charge is 0.368 e. The van der Waals surface area contributed by atoms with Crippen LogP contribution in [0.15, 0.2) is 18.2 Å². The van der Waals surface area contributed by atoms with Crippen LogP contribution in [0.4, 0.5) is 16.3 Å². The highest BCUT2D eigenvalue weighted by Crippen LogP contribution is 2.20. The highest BCUT2D eigenvalue weighted by atomic mass is 19.1. The second kappa shape index (κ2) is 5.26. The number of hydrogen-bond donors (Lipinski definition) is 1. The average molecular weight is 263 g/mol. The Kier molecular flexibility index (Phi) is 3.69. The van der Waals surface area contributed by atoms with Gasteiger partial charge in [-0.2, -0.15) is 9.67 Å². The summed E-state index contributed by atoms with van der Waals surface area (Å²) in [4.78, 5) is 6.26. The molecule has 5 nitrogen and oxygen atoms in total. The van der Waals surface area contributed by atoms with Gasteiger partial charge in [0.25, 0.3) is 0 Å². The van der Waals surface area contributed by atoms with Gasteiger partial charge < -0.3 is 10.6 Å². The molecular formula is C13H18FN5. The molecule has 2 N–H and O–H groups in total. The van der Waals surface area contributed by atoms with Gasteiger partial charge in [0.05, 0.1) is 5.69 Å². The number of halogens is 1. The maximum atomic E-state index is 13.1. The van der Waals surface area contributed by atoms with E-state index in [2.05, 4.69) is 10.1 Å². The molecule has 0 fully saturated rings. The first-order chi connectivity index (χ1) is 9.06. The Morgan fingerprint density at radius 1 is 1.32 bits per heavy atom. The zero-order valence-electron chi connectivity index (χ0n) is 11.4. The minimum absolute atomic E-state index is 0.274. The minimum Gasteiger partial charge on any atom is -0.368 e. The quantitative estimate of drug-likeness (QED) is 0.918. The van der Waals surface area contributed by atoms with Gasteiger partial charge >= 0.3 is 0 Å². The van der Waals surface area contributed by atoms with Crippen LogP contribution in [0.2, 0.25) is 0 Å². The molecule has 0 atom stereocenters. The van der Waals surface area contributed by atoms with Gasteiger partial charge in [0.2, 0.25) is 11.9 Å². The molecule has 19 heavy (non-hydrogen) atoms. The number of nitrogens with zero attached hydrogens (tertiary/aromatic N) is 4. The fraction of sp³-hybridized carbons (Fsp3) is 0.385. The maximum Gasteiger partial charge on any atom is 0.246 e. The van der Waals surface area contributed by atoms with E-state index in [-0.39, 0.29) is 5.82 Å². The molecule has 0 bridgehead atoms. The van der Waals surface area contributed by atoms with Gasteiger partial charge in [0.1, 0.15) is 5.82 Å². The molecule has 2 rings (SSSR count). The van der Waals surface area contributed by atoms with Crippen molar-refractivity contribution in [2.24, 2.45) is 0 Å². The molecule has 1 heterocycles. The number of rotatable bonds is 4. The van der Waals surface area contributed by atoms with Crippen LogP contribution in [0, 0.1) is 12.7 Å². The zero-order valence-corrected chi connectivity index (χ0v) is 11.4. The van der Waals surface area contributed by atoms with Crippen LogP contribution < -0.4 is 10.6 Å². The first kappa shape index (κ1) is 13.3. The topological polar surface area (TPSA) is 60.0 Å². The first-order valence-corrected chi connectivity index (χ1v) is 6.30. The third kappa shape index (κ3) is 2.52. The summed E-state index contributed by atoms with van der Waals surface area (Å²) >= 11 is 0. The van der Waals surface area contributed by atoms with Gasteiger partial charge in [0, 0.05) is 13.1 Å². The van der Waals surface area contributed by atoms with Crippen molar-refractivity contribution in [2.45, 2.75) is 20.8 Å². The Morgan fingerprint density at radius 3 is 2.58 bits per heavy atom. The third-order valence-corrected chi connectivity index (χ3v) is 3.05. The van der Waals surface area contributed by atoms with Crippen molar-refractivity contribution >= 4 is 11.9 Å². The average Bonchev–Trinajstić information content (AvgIpc) is 2.73. The van der Waals surface area contributed by atoms with E-state index in [0.717, 1.165) is 24.3 Å². The number of nitrogens with two attached hydrogens (primary N) is 1. The van der Waals surface area contributed by atoms with Crippen LogP contribution in [0.1, 0.15) is 19.4 Å². The number of hydrogen-bond acceptors (Lipinski definition) is 4. The van der Waals surface area contributed by atoms with Crippen molar-refractivity contribution in [3.05, 3.63) is 29.6 Å². The number of aryl methyl sites for hydroxylation is 1. The molecule has 0 saturated carbocycles. The van der Waals surface area contributed by atoms with E-state index >= 15 is 0 Å². The molecule has 102 valence electrons. The molecule has 0 amide bonds. The van der Waals surface area contributed by atoms with Crippen LogP contribution in [0.3, 0.4) is 0 Å². The number of benzene rings is 1. The lowest BCUT2D eigenvalue weighted by Crippen LogP contribution is -2.23. The Hall–Kier alpha value is -2.11. The Bertz CT molecular complexity index is 574. The Morgan fingerprint density at radius 2 is 2.00 bits per heavy atom. The third-order valence-electron chi connectivity index (χ3n) is 3.05. The van der Waals surface area contributed by atoms with Crippen molar-refractivity contribution in [1.29, 1.82) is 0 Å². The first-order valence-electron chi connectivity index (χ1n) is 6.30. The summed E-state index contributed by atoms with van der Waals surface area (Å²) in [5.41, 5.74) is 7.40.